The Morgan fingerprint density at radius 3 is 2.75 bits per heavy atom. The Hall–Kier alpha value is -0.850. The van der Waals surface area contributed by atoms with Gasteiger partial charge in [0.05, 0.1) is 13.2 Å². The summed E-state index contributed by atoms with van der Waals surface area (Å²) in [7, 11) is 0. The molecule has 0 saturated carbocycles. The zero-order valence-electron chi connectivity index (χ0n) is 15.4. The fraction of sp³-hybridized carbons (Fsp3) is 0.944. The van der Waals surface area contributed by atoms with Crippen molar-refractivity contribution >= 4 is 5.96 Å². The maximum Gasteiger partial charge on any atom is 0.191 e. The third kappa shape index (κ3) is 6.57. The number of unbranched alkanes of at least 4 members (excludes halogenated alkanes) is 1. The van der Waals surface area contributed by atoms with Gasteiger partial charge in [-0.3, -0.25) is 4.99 Å². The van der Waals surface area contributed by atoms with Crippen LogP contribution < -0.4 is 10.6 Å². The largest absolute Gasteiger partial charge is 0.396 e. The molecule has 24 heavy (non-hydrogen) atoms. The van der Waals surface area contributed by atoms with Crippen molar-refractivity contribution in [3.8, 4) is 0 Å². The van der Waals surface area contributed by atoms with Crippen LogP contribution >= 0.6 is 0 Å². The highest BCUT2D eigenvalue weighted by Gasteiger charge is 2.34. The lowest BCUT2D eigenvalue weighted by Gasteiger charge is -2.24. The van der Waals surface area contributed by atoms with Crippen LogP contribution in [0, 0.1) is 5.41 Å². The van der Waals surface area contributed by atoms with Crippen LogP contribution in [-0.4, -0.2) is 75.1 Å². The van der Waals surface area contributed by atoms with Crippen molar-refractivity contribution in [1.29, 1.82) is 0 Å². The average molecular weight is 341 g/mol. The molecule has 2 aliphatic rings. The predicted octanol–water partition coefficient (Wildman–Crippen LogP) is 1.21. The van der Waals surface area contributed by atoms with E-state index in [4.69, 9.17) is 9.73 Å². The van der Waals surface area contributed by atoms with E-state index in [9.17, 15) is 5.11 Å². The molecule has 1 atom stereocenters. The van der Waals surface area contributed by atoms with Crippen molar-refractivity contribution in [2.75, 3.05) is 59.1 Å². The van der Waals surface area contributed by atoms with Crippen molar-refractivity contribution in [2.45, 2.75) is 45.4 Å². The first-order valence-electron chi connectivity index (χ1n) is 9.71. The van der Waals surface area contributed by atoms with Gasteiger partial charge >= 0.3 is 0 Å². The molecule has 6 nitrogen and oxygen atoms in total. The highest BCUT2D eigenvalue weighted by atomic mass is 16.5. The van der Waals surface area contributed by atoms with Crippen LogP contribution in [-0.2, 0) is 4.74 Å². The van der Waals surface area contributed by atoms with Crippen molar-refractivity contribution < 1.29 is 9.84 Å². The Balaban J connectivity index is 1.69. The summed E-state index contributed by atoms with van der Waals surface area (Å²) in [4.78, 5) is 7.32. The minimum absolute atomic E-state index is 0.0207. The third-order valence-corrected chi connectivity index (χ3v) is 5.14. The van der Waals surface area contributed by atoms with Crippen LogP contribution in [0.4, 0.5) is 0 Å². The second-order valence-electron chi connectivity index (χ2n) is 7.15. The third-order valence-electron chi connectivity index (χ3n) is 5.14. The van der Waals surface area contributed by atoms with Crippen molar-refractivity contribution in [3.05, 3.63) is 0 Å². The lowest BCUT2D eigenvalue weighted by atomic mass is 9.84. The molecular formula is C18H36N4O2. The smallest absolute Gasteiger partial charge is 0.191 e. The maximum atomic E-state index is 9.31. The number of aliphatic hydroxyl groups is 1. The molecule has 0 aromatic rings. The van der Waals surface area contributed by atoms with Gasteiger partial charge in [0.25, 0.3) is 0 Å². The summed E-state index contributed by atoms with van der Waals surface area (Å²) in [5, 5.41) is 16.1. The van der Waals surface area contributed by atoms with Gasteiger partial charge in [-0.2, -0.15) is 0 Å². The van der Waals surface area contributed by atoms with Gasteiger partial charge in [-0.1, -0.05) is 0 Å². The Kier molecular flexibility index (Phi) is 8.84. The first-order chi connectivity index (χ1) is 11.8. The molecule has 2 rings (SSSR count). The standard InChI is InChI=1S/C18H36N4O2/c1-2-19-17(20-9-3-4-10-22-11-5-6-12-22)21-15-18(7-13-23)8-14-24-16-18/h23H,2-16H2,1H3,(H2,19,20,21). The number of nitrogens with one attached hydrogen (secondary N) is 2. The molecular weight excluding hydrogens is 304 g/mol. The van der Waals surface area contributed by atoms with Gasteiger partial charge in [0.15, 0.2) is 5.96 Å². The van der Waals surface area contributed by atoms with Crippen molar-refractivity contribution in [2.24, 2.45) is 10.4 Å². The van der Waals surface area contributed by atoms with Gasteiger partial charge in [0.2, 0.25) is 0 Å². The van der Waals surface area contributed by atoms with Crippen LogP contribution in [0.15, 0.2) is 4.99 Å². The van der Waals surface area contributed by atoms with E-state index < -0.39 is 0 Å². The van der Waals surface area contributed by atoms with E-state index in [2.05, 4.69) is 22.5 Å². The molecule has 6 heteroatoms. The normalized spacial score (nSPS) is 25.3. The Labute approximate surface area is 147 Å². The summed E-state index contributed by atoms with van der Waals surface area (Å²) < 4.78 is 5.54. The van der Waals surface area contributed by atoms with Gasteiger partial charge < -0.3 is 25.4 Å². The van der Waals surface area contributed by atoms with Crippen LogP contribution in [0.5, 0.6) is 0 Å². The molecule has 0 spiro atoms. The Morgan fingerprint density at radius 1 is 1.25 bits per heavy atom. The summed E-state index contributed by atoms with van der Waals surface area (Å²) in [6.07, 6.45) is 6.92. The molecule has 140 valence electrons. The number of aliphatic hydroxyl groups excluding tert-OH is 1. The van der Waals surface area contributed by atoms with Gasteiger partial charge in [0.1, 0.15) is 0 Å². The summed E-state index contributed by atoms with van der Waals surface area (Å²) in [6.45, 7) is 10.1. The van der Waals surface area contributed by atoms with E-state index in [1.54, 1.807) is 0 Å². The number of likely N-dealkylation sites (tertiary alicyclic amines) is 1. The SMILES string of the molecule is CCNC(=NCC1(CCO)CCOC1)NCCCCN1CCCC1. The topological polar surface area (TPSA) is 69.1 Å². The monoisotopic (exact) mass is 340 g/mol. The van der Waals surface area contributed by atoms with Gasteiger partial charge in [-0.15, -0.1) is 0 Å². The lowest BCUT2D eigenvalue weighted by Crippen LogP contribution is -2.39. The van der Waals surface area contributed by atoms with E-state index in [-0.39, 0.29) is 12.0 Å². The Bertz CT molecular complexity index is 364. The molecule has 0 amide bonds. The summed E-state index contributed by atoms with van der Waals surface area (Å²) in [5.74, 6) is 0.892. The number of ether oxygens (including phenoxy) is 1. The summed E-state index contributed by atoms with van der Waals surface area (Å²) >= 11 is 0. The average Bonchev–Trinajstić information content (AvgIpc) is 3.25. The minimum atomic E-state index is 0.0207. The fourth-order valence-electron chi connectivity index (χ4n) is 3.55. The number of aliphatic imine (C=N–C) groups is 1. The van der Waals surface area contributed by atoms with E-state index in [0.29, 0.717) is 6.61 Å². The summed E-state index contributed by atoms with van der Waals surface area (Å²) in [5.41, 5.74) is 0.0207. The number of hydrogen-bond donors (Lipinski definition) is 3. The highest BCUT2D eigenvalue weighted by Crippen LogP contribution is 2.32. The van der Waals surface area contributed by atoms with E-state index >= 15 is 0 Å². The second kappa shape index (κ2) is 10.9. The van der Waals surface area contributed by atoms with Crippen LogP contribution in [0.3, 0.4) is 0 Å². The molecule has 0 aromatic carbocycles. The molecule has 0 bridgehead atoms. The second-order valence-corrected chi connectivity index (χ2v) is 7.15. The van der Waals surface area contributed by atoms with Crippen LogP contribution in [0.1, 0.15) is 45.4 Å². The van der Waals surface area contributed by atoms with Crippen LogP contribution in [0.25, 0.3) is 0 Å². The lowest BCUT2D eigenvalue weighted by molar-refractivity contribution is 0.131. The molecule has 0 aromatic heterocycles. The quantitative estimate of drug-likeness (QED) is 0.317. The molecule has 1 unspecified atom stereocenters. The molecule has 0 radical (unpaired) electrons. The van der Waals surface area contributed by atoms with Crippen LogP contribution in [0.2, 0.25) is 0 Å². The van der Waals surface area contributed by atoms with Gasteiger partial charge in [-0.05, 0) is 65.1 Å². The van der Waals surface area contributed by atoms with Gasteiger partial charge in [-0.25, -0.2) is 0 Å². The first-order valence-corrected chi connectivity index (χ1v) is 9.71. The molecule has 2 heterocycles. The first kappa shape index (κ1) is 19.5. The number of hydrogen-bond acceptors (Lipinski definition) is 4. The van der Waals surface area contributed by atoms with Crippen molar-refractivity contribution in [1.82, 2.24) is 15.5 Å². The van der Waals surface area contributed by atoms with E-state index in [0.717, 1.165) is 45.0 Å². The zero-order valence-corrected chi connectivity index (χ0v) is 15.4. The van der Waals surface area contributed by atoms with E-state index in [1.807, 2.05) is 0 Å². The summed E-state index contributed by atoms with van der Waals surface area (Å²) in [6, 6.07) is 0. The van der Waals surface area contributed by atoms with Gasteiger partial charge in [0, 0.05) is 31.7 Å². The molecule has 3 N–H and O–H groups in total. The van der Waals surface area contributed by atoms with E-state index in [1.165, 1.54) is 45.3 Å². The van der Waals surface area contributed by atoms with Crippen molar-refractivity contribution in [3.63, 3.8) is 0 Å². The predicted molar refractivity (Wildman–Crippen MR) is 98.5 cm³/mol. The number of nitrogens with zero attached hydrogens (tertiary/aromatic N) is 2. The molecule has 0 aliphatic carbocycles. The molecule has 2 aliphatic heterocycles. The molecule has 2 saturated heterocycles. The molecule has 2 fully saturated rings. The highest BCUT2D eigenvalue weighted by molar-refractivity contribution is 5.79. The number of guanidine groups is 1. The fourth-order valence-corrected chi connectivity index (χ4v) is 3.55. The number of rotatable bonds is 10. The minimum Gasteiger partial charge on any atom is -0.396 e. The zero-order chi connectivity index (χ0) is 17.1. The maximum absolute atomic E-state index is 9.31. The Morgan fingerprint density at radius 2 is 2.08 bits per heavy atom.